The van der Waals surface area contributed by atoms with Crippen LogP contribution in [0.5, 0.6) is 5.75 Å². The van der Waals surface area contributed by atoms with E-state index in [1.807, 2.05) is 5.38 Å². The van der Waals surface area contributed by atoms with Crippen molar-refractivity contribution in [3.8, 4) is 5.75 Å². The second-order valence-electron chi connectivity index (χ2n) is 7.21. The molecule has 164 valence electrons. The van der Waals surface area contributed by atoms with E-state index in [2.05, 4.69) is 19.9 Å². The molecule has 1 fully saturated rings. The first-order chi connectivity index (χ1) is 14.5. The number of ether oxygens (including phenoxy) is 1. The van der Waals surface area contributed by atoms with Crippen LogP contribution in [-0.2, 0) is 21.4 Å². The van der Waals surface area contributed by atoms with E-state index in [9.17, 15) is 13.2 Å². The number of hydrogen-bond acceptors (Lipinski definition) is 7. The van der Waals surface area contributed by atoms with Crippen molar-refractivity contribution in [3.05, 3.63) is 35.3 Å². The number of likely N-dealkylation sites (tertiary alicyclic amines) is 1. The van der Waals surface area contributed by atoms with Crippen LogP contribution in [-0.4, -0.2) is 51.0 Å². The molecule has 8 nitrogen and oxygen atoms in total. The Morgan fingerprint density at radius 2 is 1.87 bits per heavy atom. The van der Waals surface area contributed by atoms with Crippen LogP contribution in [0.1, 0.15) is 37.8 Å². The van der Waals surface area contributed by atoms with Gasteiger partial charge < -0.3 is 10.1 Å². The van der Waals surface area contributed by atoms with Crippen LogP contribution in [0.25, 0.3) is 0 Å². The van der Waals surface area contributed by atoms with E-state index in [0.717, 1.165) is 25.3 Å². The molecule has 1 aliphatic rings. The lowest BCUT2D eigenvalue weighted by Crippen LogP contribution is -2.27. The molecule has 2 heterocycles. The van der Waals surface area contributed by atoms with Gasteiger partial charge in [0.1, 0.15) is 5.75 Å². The molecule has 2 N–H and O–H groups in total. The van der Waals surface area contributed by atoms with Crippen LogP contribution in [0.15, 0.2) is 34.5 Å². The minimum atomic E-state index is -3.67. The third-order valence-electron chi connectivity index (χ3n) is 4.90. The molecule has 0 bridgehead atoms. The van der Waals surface area contributed by atoms with Crippen LogP contribution in [0, 0.1) is 0 Å². The number of nitrogens with zero attached hydrogens (tertiary/aromatic N) is 2. The Labute approximate surface area is 181 Å². The first kappa shape index (κ1) is 22.7. The minimum absolute atomic E-state index is 0.00616. The minimum Gasteiger partial charge on any atom is -0.497 e. The van der Waals surface area contributed by atoms with E-state index in [4.69, 9.17) is 4.74 Å². The number of thiazole rings is 1. The van der Waals surface area contributed by atoms with E-state index in [0.29, 0.717) is 10.9 Å². The molecule has 0 unspecified atom stereocenters. The third-order valence-corrected chi connectivity index (χ3v) is 7.18. The smallest absolute Gasteiger partial charge is 0.240 e. The van der Waals surface area contributed by atoms with Crippen LogP contribution in [0.4, 0.5) is 5.13 Å². The molecule has 0 saturated carbocycles. The van der Waals surface area contributed by atoms with E-state index in [1.165, 1.54) is 56.3 Å². The molecule has 1 aliphatic heterocycles. The van der Waals surface area contributed by atoms with Crippen molar-refractivity contribution in [3.63, 3.8) is 0 Å². The summed E-state index contributed by atoms with van der Waals surface area (Å²) in [5.41, 5.74) is 0.956. The largest absolute Gasteiger partial charge is 0.497 e. The lowest BCUT2D eigenvalue weighted by atomic mass is 10.2. The van der Waals surface area contributed by atoms with Crippen LogP contribution < -0.4 is 14.8 Å². The molecule has 1 saturated heterocycles. The second kappa shape index (κ2) is 10.9. The SMILES string of the molecule is COc1ccc(S(=O)(=O)NCCC(=O)Nc2nc(CN3CCCCCC3)cs2)cc1. The Morgan fingerprint density at radius 3 is 2.53 bits per heavy atom. The molecule has 1 amide bonds. The summed E-state index contributed by atoms with van der Waals surface area (Å²) in [6, 6.07) is 6.07. The maximum Gasteiger partial charge on any atom is 0.240 e. The Kier molecular flexibility index (Phi) is 8.20. The summed E-state index contributed by atoms with van der Waals surface area (Å²) < 4.78 is 32.0. The number of hydrogen-bond donors (Lipinski definition) is 2. The number of aromatic nitrogens is 1. The quantitative estimate of drug-likeness (QED) is 0.607. The Morgan fingerprint density at radius 1 is 1.17 bits per heavy atom. The van der Waals surface area contributed by atoms with Crippen LogP contribution in [0.3, 0.4) is 0 Å². The average molecular weight is 453 g/mol. The lowest BCUT2D eigenvalue weighted by molar-refractivity contribution is -0.116. The van der Waals surface area contributed by atoms with Crippen LogP contribution >= 0.6 is 11.3 Å². The molecule has 0 atom stereocenters. The van der Waals surface area contributed by atoms with E-state index in [1.54, 1.807) is 12.1 Å². The number of rotatable bonds is 9. The summed E-state index contributed by atoms with van der Waals surface area (Å²) in [5, 5.41) is 5.26. The molecule has 1 aromatic carbocycles. The summed E-state index contributed by atoms with van der Waals surface area (Å²) >= 11 is 1.39. The Balaban J connectivity index is 1.43. The van der Waals surface area contributed by atoms with Crippen molar-refractivity contribution >= 4 is 32.4 Å². The summed E-state index contributed by atoms with van der Waals surface area (Å²) in [4.78, 5) is 19.2. The van der Waals surface area contributed by atoms with Gasteiger partial charge in [-0.05, 0) is 50.2 Å². The van der Waals surface area contributed by atoms with Gasteiger partial charge in [-0.2, -0.15) is 0 Å². The average Bonchev–Trinajstić information content (AvgIpc) is 3.00. The van der Waals surface area contributed by atoms with Gasteiger partial charge in [-0.15, -0.1) is 11.3 Å². The molecule has 0 radical (unpaired) electrons. The van der Waals surface area contributed by atoms with Crippen molar-refractivity contribution in [2.75, 3.05) is 32.1 Å². The van der Waals surface area contributed by atoms with Crippen molar-refractivity contribution in [1.29, 1.82) is 0 Å². The normalized spacial score (nSPS) is 15.5. The fourth-order valence-electron chi connectivity index (χ4n) is 3.28. The molecular weight excluding hydrogens is 424 g/mol. The highest BCUT2D eigenvalue weighted by atomic mass is 32.2. The maximum absolute atomic E-state index is 12.3. The highest BCUT2D eigenvalue weighted by Gasteiger charge is 2.15. The van der Waals surface area contributed by atoms with Crippen molar-refractivity contribution in [2.24, 2.45) is 0 Å². The first-order valence-electron chi connectivity index (χ1n) is 10.1. The molecule has 2 aromatic rings. The summed E-state index contributed by atoms with van der Waals surface area (Å²) in [7, 11) is -2.16. The first-order valence-corrected chi connectivity index (χ1v) is 12.4. The number of carbonyl (C=O) groups is 1. The molecular formula is C20H28N4O4S2. The van der Waals surface area contributed by atoms with Gasteiger partial charge in [0.25, 0.3) is 0 Å². The van der Waals surface area contributed by atoms with Gasteiger partial charge in [-0.1, -0.05) is 12.8 Å². The van der Waals surface area contributed by atoms with Gasteiger partial charge in [0.2, 0.25) is 15.9 Å². The third kappa shape index (κ3) is 6.76. The van der Waals surface area contributed by atoms with Gasteiger partial charge in [-0.3, -0.25) is 9.69 Å². The zero-order valence-electron chi connectivity index (χ0n) is 17.1. The zero-order chi connectivity index (χ0) is 21.4. The number of sulfonamides is 1. The van der Waals surface area contributed by atoms with E-state index >= 15 is 0 Å². The number of benzene rings is 1. The predicted octanol–water partition coefficient (Wildman–Crippen LogP) is 2.83. The van der Waals surface area contributed by atoms with Crippen molar-refractivity contribution in [1.82, 2.24) is 14.6 Å². The topological polar surface area (TPSA) is 101 Å². The number of methoxy groups -OCH3 is 1. The molecule has 30 heavy (non-hydrogen) atoms. The highest BCUT2D eigenvalue weighted by molar-refractivity contribution is 7.89. The van der Waals surface area contributed by atoms with Gasteiger partial charge >= 0.3 is 0 Å². The molecule has 1 aromatic heterocycles. The Hall–Kier alpha value is -2.01. The summed E-state index contributed by atoms with van der Waals surface area (Å²) in [6.45, 7) is 2.99. The monoisotopic (exact) mass is 452 g/mol. The molecule has 10 heteroatoms. The summed E-state index contributed by atoms with van der Waals surface area (Å²) in [6.07, 6.45) is 5.05. The van der Waals surface area contributed by atoms with Gasteiger partial charge in [0.05, 0.1) is 17.7 Å². The molecule has 3 rings (SSSR count). The number of nitrogens with one attached hydrogen (secondary N) is 2. The summed E-state index contributed by atoms with van der Waals surface area (Å²) in [5.74, 6) is 0.301. The van der Waals surface area contributed by atoms with Gasteiger partial charge in [-0.25, -0.2) is 18.1 Å². The number of amides is 1. The maximum atomic E-state index is 12.3. The van der Waals surface area contributed by atoms with Crippen molar-refractivity contribution < 1.29 is 17.9 Å². The second-order valence-corrected chi connectivity index (χ2v) is 9.83. The van der Waals surface area contributed by atoms with Crippen LogP contribution in [0.2, 0.25) is 0 Å². The standard InChI is InChI=1S/C20H28N4O4S2/c1-28-17-6-8-18(9-7-17)30(26,27)21-11-10-19(25)23-20-22-16(15-29-20)14-24-12-4-2-3-5-13-24/h6-9,15,21H,2-5,10-14H2,1H3,(H,22,23,25). The van der Waals surface area contributed by atoms with Gasteiger partial charge in [0.15, 0.2) is 5.13 Å². The molecule has 0 aliphatic carbocycles. The number of anilines is 1. The van der Waals surface area contributed by atoms with Gasteiger partial charge in [0, 0.05) is 24.9 Å². The number of carbonyl (C=O) groups excluding carboxylic acids is 1. The fourth-order valence-corrected chi connectivity index (χ4v) is 5.03. The fraction of sp³-hybridized carbons (Fsp3) is 0.500. The predicted molar refractivity (Wildman–Crippen MR) is 117 cm³/mol. The van der Waals surface area contributed by atoms with E-state index < -0.39 is 10.0 Å². The zero-order valence-corrected chi connectivity index (χ0v) is 18.7. The van der Waals surface area contributed by atoms with Crippen molar-refractivity contribution in [2.45, 2.75) is 43.5 Å². The molecule has 0 spiro atoms. The highest BCUT2D eigenvalue weighted by Crippen LogP contribution is 2.19. The van der Waals surface area contributed by atoms with E-state index in [-0.39, 0.29) is 23.8 Å². The lowest BCUT2D eigenvalue weighted by Gasteiger charge is -2.17. The Bertz CT molecular complexity index is 921.